The van der Waals surface area contributed by atoms with Crippen LogP contribution in [0.25, 0.3) is 11.1 Å². The first kappa shape index (κ1) is 26.9. The maximum Gasteiger partial charge on any atom is 0.323 e. The Morgan fingerprint density at radius 1 is 0.868 bits per heavy atom. The molecular weight excluding hydrogens is 478 g/mol. The minimum absolute atomic E-state index is 0.00681. The number of aliphatic hydroxyl groups excluding tert-OH is 2. The first-order valence-corrected chi connectivity index (χ1v) is 12.6. The van der Waals surface area contributed by atoms with Crippen LogP contribution in [0, 0.1) is 0 Å². The summed E-state index contributed by atoms with van der Waals surface area (Å²) < 4.78 is 0. The van der Waals surface area contributed by atoms with E-state index in [4.69, 9.17) is 0 Å². The van der Waals surface area contributed by atoms with Gasteiger partial charge >= 0.3 is 6.03 Å². The number of benzene rings is 4. The van der Waals surface area contributed by atoms with Gasteiger partial charge in [-0.3, -0.25) is 0 Å². The van der Waals surface area contributed by atoms with Gasteiger partial charge < -0.3 is 31.3 Å². The zero-order valence-electron chi connectivity index (χ0n) is 21.3. The number of hydrogen-bond acceptors (Lipinski definition) is 5. The van der Waals surface area contributed by atoms with E-state index >= 15 is 0 Å². The van der Waals surface area contributed by atoms with Gasteiger partial charge in [0.05, 0.1) is 18.4 Å². The zero-order chi connectivity index (χ0) is 26.9. The summed E-state index contributed by atoms with van der Waals surface area (Å²) in [5.41, 5.74) is 5.42. The van der Waals surface area contributed by atoms with E-state index in [-0.39, 0.29) is 24.4 Å². The molecule has 0 heterocycles. The molecule has 0 saturated carbocycles. The molecule has 0 saturated heterocycles. The standard InChI is InChI=1S/C31H33N3O4/c1-21(32-19-30(37)24-14-15-29(36)25(18-24)20-35)16-22-8-7-11-26(17-22)33-31(38)34-28-13-6-5-12-27(28)23-9-3-2-4-10-23/h2-15,17-18,21,30,32,35-37H,16,19-20H2,1H3,(H2,33,34,38)/t21-,30+/m1/s1. The Morgan fingerprint density at radius 2 is 1.63 bits per heavy atom. The predicted octanol–water partition coefficient (Wildman–Crippen LogP) is 5.45. The number of carbonyl (C=O) groups is 1. The topological polar surface area (TPSA) is 114 Å². The number of carbonyl (C=O) groups excluding carboxylic acids is 1. The second-order valence-corrected chi connectivity index (χ2v) is 9.27. The number of phenols is 1. The highest BCUT2D eigenvalue weighted by Crippen LogP contribution is 2.28. The van der Waals surface area contributed by atoms with Crippen LogP contribution in [-0.4, -0.2) is 33.9 Å². The Labute approximate surface area is 222 Å². The van der Waals surface area contributed by atoms with Gasteiger partial charge in [0.2, 0.25) is 0 Å². The highest BCUT2D eigenvalue weighted by atomic mass is 16.3. The molecule has 0 radical (unpaired) electrons. The molecule has 0 aliphatic carbocycles. The number of amides is 2. The number of para-hydroxylation sites is 1. The molecular formula is C31H33N3O4. The Balaban J connectivity index is 1.32. The van der Waals surface area contributed by atoms with Gasteiger partial charge in [-0.2, -0.15) is 0 Å². The van der Waals surface area contributed by atoms with Crippen LogP contribution < -0.4 is 16.0 Å². The normalized spacial score (nSPS) is 12.5. The van der Waals surface area contributed by atoms with E-state index in [0.717, 1.165) is 22.4 Å². The van der Waals surface area contributed by atoms with Crippen LogP contribution in [0.3, 0.4) is 0 Å². The largest absolute Gasteiger partial charge is 0.508 e. The Morgan fingerprint density at radius 3 is 2.42 bits per heavy atom. The van der Waals surface area contributed by atoms with Crippen molar-refractivity contribution in [1.82, 2.24) is 5.32 Å². The fraction of sp³-hybridized carbons (Fsp3) is 0.194. The average molecular weight is 512 g/mol. The summed E-state index contributed by atoms with van der Waals surface area (Å²) in [5.74, 6) is 0.00681. The van der Waals surface area contributed by atoms with E-state index in [2.05, 4.69) is 16.0 Å². The molecule has 0 spiro atoms. The summed E-state index contributed by atoms with van der Waals surface area (Å²) in [6.45, 7) is 2.05. The van der Waals surface area contributed by atoms with Crippen molar-refractivity contribution in [3.8, 4) is 16.9 Å². The quantitative estimate of drug-likeness (QED) is 0.170. The molecule has 4 aromatic rings. The summed E-state index contributed by atoms with van der Waals surface area (Å²) in [5, 5.41) is 38.8. The molecule has 7 heteroatoms. The summed E-state index contributed by atoms with van der Waals surface area (Å²) in [7, 11) is 0. The molecule has 0 unspecified atom stereocenters. The van der Waals surface area contributed by atoms with Crippen LogP contribution in [0.15, 0.2) is 97.1 Å². The predicted molar refractivity (Wildman–Crippen MR) is 151 cm³/mol. The molecule has 2 atom stereocenters. The number of aromatic hydroxyl groups is 1. The summed E-state index contributed by atoms with van der Waals surface area (Å²) in [6.07, 6.45) is -0.0863. The van der Waals surface area contributed by atoms with Crippen molar-refractivity contribution in [1.29, 1.82) is 0 Å². The van der Waals surface area contributed by atoms with Gasteiger partial charge in [-0.25, -0.2) is 4.79 Å². The Hall–Kier alpha value is -4.17. The number of urea groups is 1. The van der Waals surface area contributed by atoms with Gasteiger partial charge in [0.15, 0.2) is 0 Å². The monoisotopic (exact) mass is 511 g/mol. The lowest BCUT2D eigenvalue weighted by atomic mass is 10.0. The third kappa shape index (κ3) is 7.20. The Bertz CT molecular complexity index is 1360. The molecule has 0 fully saturated rings. The second kappa shape index (κ2) is 12.9. The highest BCUT2D eigenvalue weighted by molar-refractivity contribution is 6.02. The van der Waals surface area contributed by atoms with E-state index in [9.17, 15) is 20.1 Å². The second-order valence-electron chi connectivity index (χ2n) is 9.27. The molecule has 4 rings (SSSR count). The smallest absolute Gasteiger partial charge is 0.323 e. The number of rotatable bonds is 10. The van der Waals surface area contributed by atoms with Crippen LogP contribution in [0.1, 0.15) is 29.7 Å². The fourth-order valence-corrected chi connectivity index (χ4v) is 4.32. The number of hydrogen-bond donors (Lipinski definition) is 6. The van der Waals surface area contributed by atoms with Gasteiger partial charge in [0.1, 0.15) is 5.75 Å². The van der Waals surface area contributed by atoms with E-state index in [1.54, 1.807) is 12.1 Å². The van der Waals surface area contributed by atoms with Crippen molar-refractivity contribution in [2.45, 2.75) is 32.1 Å². The van der Waals surface area contributed by atoms with Crippen LogP contribution in [-0.2, 0) is 13.0 Å². The van der Waals surface area contributed by atoms with Crippen molar-refractivity contribution in [3.05, 3.63) is 114 Å². The molecule has 38 heavy (non-hydrogen) atoms. The number of anilines is 2. The third-order valence-corrected chi connectivity index (χ3v) is 6.31. The SMILES string of the molecule is C[C@H](Cc1cccc(NC(=O)Nc2ccccc2-c2ccccc2)c1)NC[C@H](O)c1ccc(O)c(CO)c1. The van der Waals surface area contributed by atoms with Gasteiger partial charge in [-0.1, -0.05) is 66.7 Å². The van der Waals surface area contributed by atoms with Crippen molar-refractivity contribution >= 4 is 17.4 Å². The molecule has 6 N–H and O–H groups in total. The van der Waals surface area contributed by atoms with Crippen LogP contribution >= 0.6 is 0 Å². The van der Waals surface area contributed by atoms with Crippen LogP contribution in [0.4, 0.5) is 16.2 Å². The van der Waals surface area contributed by atoms with Crippen molar-refractivity contribution in [2.75, 3.05) is 17.2 Å². The van der Waals surface area contributed by atoms with Gasteiger partial charge in [0.25, 0.3) is 0 Å². The Kier molecular flexibility index (Phi) is 9.11. The summed E-state index contributed by atoms with van der Waals surface area (Å²) >= 11 is 0. The minimum atomic E-state index is -0.779. The van der Waals surface area contributed by atoms with Gasteiger partial charge in [0, 0.05) is 29.4 Å². The molecule has 4 aromatic carbocycles. The minimum Gasteiger partial charge on any atom is -0.508 e. The van der Waals surface area contributed by atoms with E-state index < -0.39 is 6.10 Å². The van der Waals surface area contributed by atoms with Gasteiger partial charge in [-0.05, 0) is 60.4 Å². The lowest BCUT2D eigenvalue weighted by Gasteiger charge is -2.18. The first-order valence-electron chi connectivity index (χ1n) is 12.6. The highest BCUT2D eigenvalue weighted by Gasteiger charge is 2.13. The van der Waals surface area contributed by atoms with E-state index in [1.165, 1.54) is 6.07 Å². The van der Waals surface area contributed by atoms with Gasteiger partial charge in [-0.15, -0.1) is 0 Å². The third-order valence-electron chi connectivity index (χ3n) is 6.31. The average Bonchev–Trinajstić information content (AvgIpc) is 2.93. The molecule has 7 nitrogen and oxygen atoms in total. The maximum atomic E-state index is 12.8. The molecule has 0 aromatic heterocycles. The molecule has 0 aliphatic rings. The van der Waals surface area contributed by atoms with Crippen LogP contribution in [0.5, 0.6) is 5.75 Å². The van der Waals surface area contributed by atoms with Crippen LogP contribution in [0.2, 0.25) is 0 Å². The number of nitrogens with one attached hydrogen (secondary N) is 3. The van der Waals surface area contributed by atoms with E-state index in [0.29, 0.717) is 29.8 Å². The zero-order valence-corrected chi connectivity index (χ0v) is 21.3. The van der Waals surface area contributed by atoms with Crippen molar-refractivity contribution < 1.29 is 20.1 Å². The van der Waals surface area contributed by atoms with E-state index in [1.807, 2.05) is 85.8 Å². The fourth-order valence-electron chi connectivity index (χ4n) is 4.32. The molecule has 0 bridgehead atoms. The van der Waals surface area contributed by atoms with Crippen molar-refractivity contribution in [2.24, 2.45) is 0 Å². The number of aliphatic hydroxyl groups is 2. The lowest BCUT2D eigenvalue weighted by molar-refractivity contribution is 0.170. The maximum absolute atomic E-state index is 12.8. The van der Waals surface area contributed by atoms with Crippen molar-refractivity contribution in [3.63, 3.8) is 0 Å². The summed E-state index contributed by atoms with van der Waals surface area (Å²) in [6, 6.07) is 29.7. The molecule has 2 amide bonds. The summed E-state index contributed by atoms with van der Waals surface area (Å²) in [4.78, 5) is 12.8. The first-order chi connectivity index (χ1) is 18.4. The molecule has 0 aliphatic heterocycles. The molecule has 196 valence electrons. The lowest BCUT2D eigenvalue weighted by Crippen LogP contribution is -2.32.